The molecule has 1 heterocycles. The number of nitrogens with two attached hydrogens (primary N) is 1. The summed E-state index contributed by atoms with van der Waals surface area (Å²) in [6, 6.07) is 4.68. The molecule has 0 saturated heterocycles. The van der Waals surface area contributed by atoms with E-state index >= 15 is 0 Å². The van der Waals surface area contributed by atoms with Crippen molar-refractivity contribution < 1.29 is 9.34 Å². The van der Waals surface area contributed by atoms with Crippen molar-refractivity contribution in [3.05, 3.63) is 28.3 Å². The van der Waals surface area contributed by atoms with Crippen molar-refractivity contribution in [2.45, 2.75) is 32.2 Å². The summed E-state index contributed by atoms with van der Waals surface area (Å²) < 4.78 is 5.56. The molecule has 0 aliphatic carbocycles. The van der Waals surface area contributed by atoms with Gasteiger partial charge in [0.2, 0.25) is 0 Å². The van der Waals surface area contributed by atoms with Gasteiger partial charge in [0.05, 0.1) is 10.5 Å². The van der Waals surface area contributed by atoms with Crippen LogP contribution in [0.2, 0.25) is 0 Å². The van der Waals surface area contributed by atoms with Crippen LogP contribution in [0.1, 0.15) is 26.7 Å². The average molecular weight is 278 g/mol. The summed E-state index contributed by atoms with van der Waals surface area (Å²) >= 11 is 0. The first-order valence-corrected chi connectivity index (χ1v) is 6.57. The van der Waals surface area contributed by atoms with Gasteiger partial charge >= 0.3 is 0 Å². The van der Waals surface area contributed by atoms with E-state index in [1.54, 1.807) is 6.07 Å². The number of nitrogens with zero attached hydrogens (tertiary/aromatic N) is 2. The lowest BCUT2D eigenvalue weighted by atomic mass is 9.93. The first-order valence-electron chi connectivity index (χ1n) is 6.57. The van der Waals surface area contributed by atoms with Crippen molar-refractivity contribution in [2.24, 2.45) is 5.73 Å². The number of benzene rings is 1. The van der Waals surface area contributed by atoms with Gasteiger partial charge in [-0.3, -0.25) is 10.1 Å². The van der Waals surface area contributed by atoms with Crippen LogP contribution in [0, 0.1) is 10.1 Å². The minimum Gasteiger partial charge on any atom is -0.424 e. The number of rotatable bonds is 6. The molecule has 0 fully saturated rings. The van der Waals surface area contributed by atoms with Crippen LogP contribution in [0.4, 0.5) is 11.7 Å². The standard InChI is InChI=1S/C13H18N4O3/c1-3-13(4-2,8-14)16-12-15-10-7-9(17(18)19)5-6-11(10)20-12/h5-7H,3-4,8,14H2,1-2H3,(H,15,16). The zero-order valence-corrected chi connectivity index (χ0v) is 11.5. The highest BCUT2D eigenvalue weighted by molar-refractivity contribution is 5.77. The third kappa shape index (κ3) is 2.57. The summed E-state index contributed by atoms with van der Waals surface area (Å²) in [5, 5.41) is 13.9. The highest BCUT2D eigenvalue weighted by Crippen LogP contribution is 2.26. The summed E-state index contributed by atoms with van der Waals surface area (Å²) in [5.41, 5.74) is 6.50. The maximum Gasteiger partial charge on any atom is 0.296 e. The Bertz CT molecular complexity index is 611. The van der Waals surface area contributed by atoms with Gasteiger partial charge in [0.25, 0.3) is 11.7 Å². The Hall–Kier alpha value is -2.15. The van der Waals surface area contributed by atoms with Gasteiger partial charge in [-0.15, -0.1) is 0 Å². The molecule has 0 saturated carbocycles. The van der Waals surface area contributed by atoms with Crippen LogP contribution in [0.3, 0.4) is 0 Å². The number of non-ortho nitro benzene ring substituents is 1. The number of nitrogens with one attached hydrogen (secondary N) is 1. The van der Waals surface area contributed by atoms with E-state index < -0.39 is 4.92 Å². The lowest BCUT2D eigenvalue weighted by Crippen LogP contribution is -2.44. The molecule has 1 aromatic heterocycles. The maximum atomic E-state index is 10.7. The summed E-state index contributed by atoms with van der Waals surface area (Å²) in [4.78, 5) is 14.5. The number of oxazole rings is 1. The lowest BCUT2D eigenvalue weighted by molar-refractivity contribution is -0.384. The molecule has 0 unspecified atom stereocenters. The monoisotopic (exact) mass is 278 g/mol. The molecule has 0 spiro atoms. The van der Waals surface area contributed by atoms with Crippen molar-refractivity contribution >= 4 is 22.8 Å². The third-order valence-electron chi connectivity index (χ3n) is 3.70. The highest BCUT2D eigenvalue weighted by atomic mass is 16.6. The molecule has 7 nitrogen and oxygen atoms in total. The number of hydrogen-bond donors (Lipinski definition) is 2. The Morgan fingerprint density at radius 1 is 1.45 bits per heavy atom. The van der Waals surface area contributed by atoms with Crippen molar-refractivity contribution in [3.8, 4) is 0 Å². The van der Waals surface area contributed by atoms with Gasteiger partial charge in [0.1, 0.15) is 5.52 Å². The molecule has 0 bridgehead atoms. The Morgan fingerprint density at radius 3 is 2.70 bits per heavy atom. The van der Waals surface area contributed by atoms with Crippen LogP contribution in [-0.2, 0) is 0 Å². The fourth-order valence-corrected chi connectivity index (χ4v) is 2.08. The van der Waals surface area contributed by atoms with E-state index in [1.807, 2.05) is 13.8 Å². The summed E-state index contributed by atoms with van der Waals surface area (Å²) in [7, 11) is 0. The molecule has 7 heteroatoms. The molecular weight excluding hydrogens is 260 g/mol. The fraction of sp³-hybridized carbons (Fsp3) is 0.462. The smallest absolute Gasteiger partial charge is 0.296 e. The third-order valence-corrected chi connectivity index (χ3v) is 3.70. The van der Waals surface area contributed by atoms with Gasteiger partial charge in [0.15, 0.2) is 5.58 Å². The molecule has 0 aliphatic heterocycles. The molecule has 0 atom stereocenters. The van der Waals surface area contributed by atoms with Crippen LogP contribution in [-0.4, -0.2) is 22.0 Å². The molecule has 2 rings (SSSR count). The van der Waals surface area contributed by atoms with Gasteiger partial charge in [-0.2, -0.15) is 4.98 Å². The summed E-state index contributed by atoms with van der Waals surface area (Å²) in [6.07, 6.45) is 1.66. The van der Waals surface area contributed by atoms with E-state index in [2.05, 4.69) is 10.3 Å². The van der Waals surface area contributed by atoms with E-state index in [0.29, 0.717) is 23.7 Å². The number of fused-ring (bicyclic) bond motifs is 1. The largest absolute Gasteiger partial charge is 0.424 e. The Balaban J connectivity index is 2.34. The quantitative estimate of drug-likeness (QED) is 0.621. The molecule has 0 amide bonds. The second-order valence-corrected chi connectivity index (χ2v) is 4.74. The van der Waals surface area contributed by atoms with Crippen LogP contribution in [0.25, 0.3) is 11.1 Å². The molecule has 3 N–H and O–H groups in total. The molecule has 2 aromatic rings. The van der Waals surface area contributed by atoms with Crippen molar-refractivity contribution in [1.82, 2.24) is 4.98 Å². The van der Waals surface area contributed by atoms with Gasteiger partial charge in [-0.1, -0.05) is 13.8 Å². The van der Waals surface area contributed by atoms with Crippen LogP contribution in [0.5, 0.6) is 0 Å². The Morgan fingerprint density at radius 2 is 2.15 bits per heavy atom. The lowest BCUT2D eigenvalue weighted by Gasteiger charge is -2.30. The maximum absolute atomic E-state index is 10.7. The topological polar surface area (TPSA) is 107 Å². The fourth-order valence-electron chi connectivity index (χ4n) is 2.08. The number of anilines is 1. The van der Waals surface area contributed by atoms with Crippen LogP contribution >= 0.6 is 0 Å². The zero-order valence-electron chi connectivity index (χ0n) is 11.5. The second kappa shape index (κ2) is 5.46. The van der Waals surface area contributed by atoms with Crippen molar-refractivity contribution in [2.75, 3.05) is 11.9 Å². The van der Waals surface area contributed by atoms with Crippen molar-refractivity contribution in [1.29, 1.82) is 0 Å². The predicted octanol–water partition coefficient (Wildman–Crippen LogP) is 2.67. The molecule has 0 radical (unpaired) electrons. The first-order chi connectivity index (χ1) is 9.53. The number of hydrogen-bond acceptors (Lipinski definition) is 6. The van der Waals surface area contributed by atoms with Gasteiger partial charge in [-0.25, -0.2) is 0 Å². The van der Waals surface area contributed by atoms with Gasteiger partial charge in [0, 0.05) is 18.7 Å². The highest BCUT2D eigenvalue weighted by Gasteiger charge is 2.26. The number of nitro groups is 1. The van der Waals surface area contributed by atoms with E-state index in [-0.39, 0.29) is 11.2 Å². The molecule has 20 heavy (non-hydrogen) atoms. The summed E-state index contributed by atoms with van der Waals surface area (Å²) in [5.74, 6) is 0. The number of nitro benzene ring substituents is 1. The van der Waals surface area contributed by atoms with Crippen molar-refractivity contribution in [3.63, 3.8) is 0 Å². The predicted molar refractivity (Wildman–Crippen MR) is 76.7 cm³/mol. The molecule has 0 aliphatic rings. The normalized spacial score (nSPS) is 11.8. The molecular formula is C13H18N4O3. The van der Waals surface area contributed by atoms with Gasteiger partial charge < -0.3 is 15.5 Å². The minimum atomic E-state index is -0.455. The Kier molecular flexibility index (Phi) is 3.89. The molecule has 108 valence electrons. The average Bonchev–Trinajstić information content (AvgIpc) is 2.85. The van der Waals surface area contributed by atoms with E-state index in [9.17, 15) is 10.1 Å². The Labute approximate surface area is 116 Å². The zero-order chi connectivity index (χ0) is 14.8. The number of aromatic nitrogens is 1. The van der Waals surface area contributed by atoms with Crippen LogP contribution in [0.15, 0.2) is 22.6 Å². The first kappa shape index (κ1) is 14.3. The van der Waals surface area contributed by atoms with E-state index in [1.165, 1.54) is 12.1 Å². The van der Waals surface area contributed by atoms with Crippen LogP contribution < -0.4 is 11.1 Å². The SMILES string of the molecule is CCC(CC)(CN)Nc1nc2cc([N+](=O)[O-])ccc2o1. The summed E-state index contributed by atoms with van der Waals surface area (Å²) in [6.45, 7) is 4.53. The van der Waals surface area contributed by atoms with E-state index in [4.69, 9.17) is 10.2 Å². The second-order valence-electron chi connectivity index (χ2n) is 4.74. The van der Waals surface area contributed by atoms with E-state index in [0.717, 1.165) is 12.8 Å². The van der Waals surface area contributed by atoms with Gasteiger partial charge in [-0.05, 0) is 18.9 Å². The minimum absolute atomic E-state index is 0.00609. The molecule has 1 aromatic carbocycles.